The lowest BCUT2D eigenvalue weighted by Gasteiger charge is -2.10. The molecule has 2 heterocycles. The van der Waals surface area contributed by atoms with Gasteiger partial charge in [0, 0.05) is 46.0 Å². The molecule has 0 atom stereocenters. The second kappa shape index (κ2) is 8.54. The van der Waals surface area contributed by atoms with Crippen molar-refractivity contribution in [1.29, 1.82) is 0 Å². The highest BCUT2D eigenvalue weighted by atomic mass is 79.9. The molecule has 29 heavy (non-hydrogen) atoms. The fraction of sp³-hybridized carbons (Fsp3) is 0.0500. The van der Waals surface area contributed by atoms with E-state index in [2.05, 4.69) is 31.1 Å². The Kier molecular flexibility index (Phi) is 5.68. The van der Waals surface area contributed by atoms with Gasteiger partial charge in [-0.15, -0.1) is 10.2 Å². The van der Waals surface area contributed by atoms with Crippen molar-refractivity contribution in [2.75, 3.05) is 0 Å². The summed E-state index contributed by atoms with van der Waals surface area (Å²) in [7, 11) is 0. The molecule has 2 aromatic carbocycles. The smallest absolute Gasteiger partial charge is 0.269 e. The molecule has 0 fully saturated rings. The summed E-state index contributed by atoms with van der Waals surface area (Å²) in [5, 5.41) is 20.3. The summed E-state index contributed by atoms with van der Waals surface area (Å²) in [6, 6.07) is 18.2. The molecule has 2 aromatic heterocycles. The van der Waals surface area contributed by atoms with Gasteiger partial charge in [0.2, 0.25) is 0 Å². The first kappa shape index (κ1) is 19.3. The van der Waals surface area contributed by atoms with Crippen LogP contribution < -0.4 is 0 Å². The minimum atomic E-state index is -0.402. The normalized spacial score (nSPS) is 10.8. The highest BCUT2D eigenvalue weighted by molar-refractivity contribution is 9.10. The summed E-state index contributed by atoms with van der Waals surface area (Å²) >= 11 is 4.98. The molecule has 9 heteroatoms. The molecule has 0 aliphatic rings. The van der Waals surface area contributed by atoms with Crippen LogP contribution in [0.1, 0.15) is 5.56 Å². The van der Waals surface area contributed by atoms with Gasteiger partial charge in [0.25, 0.3) is 5.69 Å². The first-order valence-corrected chi connectivity index (χ1v) is 10.4. The van der Waals surface area contributed by atoms with Crippen molar-refractivity contribution in [2.45, 2.75) is 10.9 Å². The molecule has 0 aliphatic heterocycles. The molecule has 0 N–H and O–H groups in total. The number of hydrogen-bond donors (Lipinski definition) is 0. The molecular weight excluding hydrogens is 454 g/mol. The van der Waals surface area contributed by atoms with Gasteiger partial charge in [0.05, 0.1) is 4.92 Å². The molecule has 4 rings (SSSR count). The number of benzene rings is 2. The van der Waals surface area contributed by atoms with E-state index in [1.807, 2.05) is 41.0 Å². The third kappa shape index (κ3) is 4.36. The molecule has 0 amide bonds. The number of thioether (sulfide) groups is 1. The average Bonchev–Trinajstić information content (AvgIpc) is 3.17. The molecule has 0 saturated carbocycles. The van der Waals surface area contributed by atoms with Crippen LogP contribution in [-0.4, -0.2) is 24.7 Å². The molecule has 144 valence electrons. The molecular formula is C20H14BrN5O2S. The van der Waals surface area contributed by atoms with Crippen molar-refractivity contribution in [2.24, 2.45) is 0 Å². The maximum absolute atomic E-state index is 10.8. The molecule has 0 spiro atoms. The number of pyridine rings is 1. The number of halogens is 1. The van der Waals surface area contributed by atoms with Gasteiger partial charge in [0.1, 0.15) is 0 Å². The van der Waals surface area contributed by atoms with Crippen LogP contribution >= 0.6 is 27.7 Å². The topological polar surface area (TPSA) is 86.7 Å². The van der Waals surface area contributed by atoms with Crippen LogP contribution in [0.5, 0.6) is 0 Å². The van der Waals surface area contributed by atoms with Gasteiger partial charge in [-0.3, -0.25) is 19.7 Å². The number of hydrogen-bond acceptors (Lipinski definition) is 6. The van der Waals surface area contributed by atoms with Crippen molar-refractivity contribution < 1.29 is 4.92 Å². The minimum Gasteiger partial charge on any atom is -0.270 e. The molecule has 0 radical (unpaired) electrons. The van der Waals surface area contributed by atoms with Crippen LogP contribution in [0, 0.1) is 10.1 Å². The van der Waals surface area contributed by atoms with Gasteiger partial charge >= 0.3 is 0 Å². The van der Waals surface area contributed by atoms with E-state index in [0.717, 1.165) is 26.4 Å². The van der Waals surface area contributed by atoms with E-state index in [1.54, 1.807) is 24.5 Å². The van der Waals surface area contributed by atoms with E-state index in [-0.39, 0.29) is 5.69 Å². The number of aromatic nitrogens is 4. The first-order chi connectivity index (χ1) is 14.1. The SMILES string of the molecule is O=[N+]([O-])c1ccc(CSc2nnc(-c3cccnc3)n2-c2ccc(Br)cc2)cc1. The summed E-state index contributed by atoms with van der Waals surface area (Å²) in [4.78, 5) is 14.6. The van der Waals surface area contributed by atoms with E-state index in [9.17, 15) is 10.1 Å². The second-order valence-electron chi connectivity index (χ2n) is 6.07. The molecule has 0 unspecified atom stereocenters. The predicted molar refractivity (Wildman–Crippen MR) is 115 cm³/mol. The van der Waals surface area contributed by atoms with Crippen LogP contribution in [-0.2, 0) is 5.75 Å². The number of nitro benzene ring substituents is 1. The standard InChI is InChI=1S/C20H14BrN5O2S/c21-16-5-9-17(10-6-16)25-19(15-2-1-11-22-12-15)23-24-20(25)29-13-14-3-7-18(8-4-14)26(27)28/h1-12H,13H2. The zero-order valence-electron chi connectivity index (χ0n) is 15.0. The van der Waals surface area contributed by atoms with E-state index in [4.69, 9.17) is 0 Å². The van der Waals surface area contributed by atoms with Crippen LogP contribution in [0.3, 0.4) is 0 Å². The monoisotopic (exact) mass is 467 g/mol. The van der Waals surface area contributed by atoms with Crippen molar-refractivity contribution in [1.82, 2.24) is 19.7 Å². The van der Waals surface area contributed by atoms with E-state index >= 15 is 0 Å². The van der Waals surface area contributed by atoms with Gasteiger partial charge in [-0.25, -0.2) is 0 Å². The lowest BCUT2D eigenvalue weighted by Crippen LogP contribution is -2.00. The van der Waals surface area contributed by atoms with Crippen molar-refractivity contribution >= 4 is 33.4 Å². The minimum absolute atomic E-state index is 0.0793. The highest BCUT2D eigenvalue weighted by Gasteiger charge is 2.16. The summed E-state index contributed by atoms with van der Waals surface area (Å²) in [6.45, 7) is 0. The molecule has 4 aromatic rings. The van der Waals surface area contributed by atoms with Crippen molar-refractivity contribution in [3.8, 4) is 17.1 Å². The Labute approximate surface area is 179 Å². The van der Waals surface area contributed by atoms with Gasteiger partial charge in [-0.05, 0) is 42.0 Å². The molecule has 7 nitrogen and oxygen atoms in total. The third-order valence-electron chi connectivity index (χ3n) is 4.15. The number of non-ortho nitro benzene ring substituents is 1. The van der Waals surface area contributed by atoms with E-state index in [0.29, 0.717) is 11.6 Å². The summed E-state index contributed by atoms with van der Waals surface area (Å²) < 4.78 is 2.97. The van der Waals surface area contributed by atoms with Gasteiger partial charge in [0.15, 0.2) is 11.0 Å². The number of nitro groups is 1. The highest BCUT2D eigenvalue weighted by Crippen LogP contribution is 2.30. The van der Waals surface area contributed by atoms with Gasteiger partial charge in [-0.1, -0.05) is 39.8 Å². The van der Waals surface area contributed by atoms with Crippen molar-refractivity contribution in [3.05, 3.63) is 93.2 Å². The van der Waals surface area contributed by atoms with Gasteiger partial charge in [-0.2, -0.15) is 0 Å². The Balaban J connectivity index is 1.67. The second-order valence-corrected chi connectivity index (χ2v) is 7.93. The molecule has 0 bridgehead atoms. The molecule has 0 saturated heterocycles. The third-order valence-corrected chi connectivity index (χ3v) is 5.68. The van der Waals surface area contributed by atoms with Crippen LogP contribution in [0.25, 0.3) is 17.1 Å². The summed E-state index contributed by atoms with van der Waals surface area (Å²) in [5.41, 5.74) is 2.85. The summed E-state index contributed by atoms with van der Waals surface area (Å²) in [6.07, 6.45) is 3.47. The quantitative estimate of drug-likeness (QED) is 0.217. The fourth-order valence-corrected chi connectivity index (χ4v) is 3.90. The Bertz CT molecular complexity index is 1130. The lowest BCUT2D eigenvalue weighted by atomic mass is 10.2. The van der Waals surface area contributed by atoms with Crippen LogP contribution in [0.4, 0.5) is 5.69 Å². The molecule has 0 aliphatic carbocycles. The Morgan fingerprint density at radius 2 is 1.79 bits per heavy atom. The zero-order valence-corrected chi connectivity index (χ0v) is 17.4. The average molecular weight is 468 g/mol. The number of nitrogens with zero attached hydrogens (tertiary/aromatic N) is 5. The zero-order chi connectivity index (χ0) is 20.2. The largest absolute Gasteiger partial charge is 0.270 e. The lowest BCUT2D eigenvalue weighted by molar-refractivity contribution is -0.384. The maximum atomic E-state index is 10.8. The Hall–Kier alpha value is -3.04. The Morgan fingerprint density at radius 3 is 2.45 bits per heavy atom. The fourth-order valence-electron chi connectivity index (χ4n) is 2.73. The first-order valence-electron chi connectivity index (χ1n) is 8.60. The maximum Gasteiger partial charge on any atom is 0.269 e. The van der Waals surface area contributed by atoms with Crippen LogP contribution in [0.2, 0.25) is 0 Å². The van der Waals surface area contributed by atoms with Crippen LogP contribution in [0.15, 0.2) is 82.7 Å². The number of rotatable bonds is 6. The van der Waals surface area contributed by atoms with E-state index in [1.165, 1.54) is 23.9 Å². The van der Waals surface area contributed by atoms with Crippen molar-refractivity contribution in [3.63, 3.8) is 0 Å². The Morgan fingerprint density at radius 1 is 1.03 bits per heavy atom. The van der Waals surface area contributed by atoms with Gasteiger partial charge < -0.3 is 0 Å². The predicted octanol–water partition coefficient (Wildman–Crippen LogP) is 5.29. The van der Waals surface area contributed by atoms with E-state index < -0.39 is 4.92 Å². The summed E-state index contributed by atoms with van der Waals surface area (Å²) in [5.74, 6) is 1.31.